The predicted molar refractivity (Wildman–Crippen MR) is 97.3 cm³/mol. The van der Waals surface area contributed by atoms with Gasteiger partial charge in [-0.1, -0.05) is 29.8 Å². The average Bonchev–Trinajstić information content (AvgIpc) is 2.98. The van der Waals surface area contributed by atoms with Crippen molar-refractivity contribution in [1.29, 1.82) is 0 Å². The molecule has 4 nitrogen and oxygen atoms in total. The van der Waals surface area contributed by atoms with E-state index in [1.807, 2.05) is 0 Å². The SMILES string of the molecule is NCc1cnc2n1-c1ccc(C(F)(F)F)cc1C(c1ccccc1Cl)=NC2. The largest absolute Gasteiger partial charge is 0.416 e. The molecule has 3 aromatic rings. The van der Waals surface area contributed by atoms with Crippen LogP contribution in [0.1, 0.15) is 28.2 Å². The fourth-order valence-corrected chi connectivity index (χ4v) is 3.42. The molecule has 2 aromatic carbocycles. The minimum absolute atomic E-state index is 0.203. The summed E-state index contributed by atoms with van der Waals surface area (Å²) in [5.74, 6) is 0.610. The number of benzene rings is 2. The molecule has 0 atom stereocenters. The van der Waals surface area contributed by atoms with Crippen molar-refractivity contribution < 1.29 is 13.2 Å². The van der Waals surface area contributed by atoms with Crippen LogP contribution in [0.3, 0.4) is 0 Å². The Labute approximate surface area is 158 Å². The zero-order valence-electron chi connectivity index (χ0n) is 14.0. The third kappa shape index (κ3) is 3.02. The van der Waals surface area contributed by atoms with Crippen molar-refractivity contribution in [2.75, 3.05) is 0 Å². The molecule has 1 aliphatic heterocycles. The maximum absolute atomic E-state index is 13.3. The highest BCUT2D eigenvalue weighted by molar-refractivity contribution is 6.35. The lowest BCUT2D eigenvalue weighted by Gasteiger charge is -2.17. The molecular formula is C19H14ClF3N4. The van der Waals surface area contributed by atoms with Crippen molar-refractivity contribution in [2.24, 2.45) is 10.7 Å². The molecule has 0 saturated carbocycles. The van der Waals surface area contributed by atoms with Crippen LogP contribution in [0.2, 0.25) is 5.02 Å². The second-order valence-electron chi connectivity index (χ2n) is 6.08. The van der Waals surface area contributed by atoms with Crippen LogP contribution in [0.15, 0.2) is 53.7 Å². The highest BCUT2D eigenvalue weighted by atomic mass is 35.5. The fraction of sp³-hybridized carbons (Fsp3) is 0.158. The van der Waals surface area contributed by atoms with Crippen molar-refractivity contribution in [3.05, 3.63) is 81.9 Å². The van der Waals surface area contributed by atoms with Gasteiger partial charge in [-0.3, -0.25) is 9.56 Å². The van der Waals surface area contributed by atoms with E-state index in [0.29, 0.717) is 39.1 Å². The molecular weight excluding hydrogens is 377 g/mol. The monoisotopic (exact) mass is 390 g/mol. The van der Waals surface area contributed by atoms with Crippen molar-refractivity contribution in [1.82, 2.24) is 9.55 Å². The number of aliphatic imine (C=N–C) groups is 1. The summed E-state index contributed by atoms with van der Waals surface area (Å²) in [5, 5.41) is 0.415. The van der Waals surface area contributed by atoms with E-state index >= 15 is 0 Å². The summed E-state index contributed by atoms with van der Waals surface area (Å²) in [4.78, 5) is 8.88. The second kappa shape index (κ2) is 6.51. The molecule has 27 heavy (non-hydrogen) atoms. The lowest BCUT2D eigenvalue weighted by Crippen LogP contribution is -2.14. The zero-order valence-corrected chi connectivity index (χ0v) is 14.7. The molecule has 0 aliphatic carbocycles. The van der Waals surface area contributed by atoms with Crippen molar-refractivity contribution in [3.8, 4) is 5.69 Å². The Morgan fingerprint density at radius 1 is 1.11 bits per heavy atom. The van der Waals surface area contributed by atoms with E-state index in [9.17, 15) is 13.2 Å². The summed E-state index contributed by atoms with van der Waals surface area (Å²) in [6, 6.07) is 10.5. The summed E-state index contributed by atoms with van der Waals surface area (Å²) in [5.41, 5.74) is 7.59. The van der Waals surface area contributed by atoms with Gasteiger partial charge in [0, 0.05) is 22.7 Å². The number of aromatic nitrogens is 2. The first-order chi connectivity index (χ1) is 12.9. The number of imidazole rings is 1. The summed E-state index contributed by atoms with van der Waals surface area (Å²) < 4.78 is 41.8. The number of alkyl halides is 3. The lowest BCUT2D eigenvalue weighted by atomic mass is 9.98. The van der Waals surface area contributed by atoms with Crippen LogP contribution < -0.4 is 5.73 Å². The molecule has 138 valence electrons. The number of hydrogen-bond acceptors (Lipinski definition) is 3. The van der Waals surface area contributed by atoms with Crippen LogP contribution in [0, 0.1) is 0 Å². The third-order valence-corrected chi connectivity index (χ3v) is 4.77. The van der Waals surface area contributed by atoms with E-state index in [0.717, 1.165) is 12.1 Å². The van der Waals surface area contributed by atoms with Gasteiger partial charge < -0.3 is 5.73 Å². The summed E-state index contributed by atoms with van der Waals surface area (Å²) in [6.45, 7) is 0.408. The van der Waals surface area contributed by atoms with E-state index < -0.39 is 11.7 Å². The van der Waals surface area contributed by atoms with Gasteiger partial charge in [0.1, 0.15) is 5.82 Å². The summed E-state index contributed by atoms with van der Waals surface area (Å²) in [6.07, 6.45) is -2.85. The first kappa shape index (κ1) is 17.8. The molecule has 1 aliphatic rings. The Balaban J connectivity index is 2.02. The molecule has 0 bridgehead atoms. The predicted octanol–water partition coefficient (Wildman–Crippen LogP) is 4.35. The quantitative estimate of drug-likeness (QED) is 0.707. The van der Waals surface area contributed by atoms with Crippen LogP contribution in [0.25, 0.3) is 5.69 Å². The van der Waals surface area contributed by atoms with Gasteiger partial charge in [-0.2, -0.15) is 13.2 Å². The summed E-state index contributed by atoms with van der Waals surface area (Å²) in [7, 11) is 0. The highest BCUT2D eigenvalue weighted by Gasteiger charge is 2.33. The van der Waals surface area contributed by atoms with Crippen LogP contribution in [-0.4, -0.2) is 15.3 Å². The fourth-order valence-electron chi connectivity index (χ4n) is 3.20. The molecule has 8 heteroatoms. The minimum atomic E-state index is -4.47. The number of fused-ring (bicyclic) bond motifs is 3. The maximum Gasteiger partial charge on any atom is 0.416 e. The number of nitrogens with two attached hydrogens (primary N) is 1. The first-order valence-corrected chi connectivity index (χ1v) is 8.55. The van der Waals surface area contributed by atoms with Crippen LogP contribution in [-0.2, 0) is 19.3 Å². The van der Waals surface area contributed by atoms with Crippen LogP contribution in [0.5, 0.6) is 0 Å². The van der Waals surface area contributed by atoms with Gasteiger partial charge in [-0.15, -0.1) is 0 Å². The Bertz CT molecular complexity index is 1050. The number of nitrogens with zero attached hydrogens (tertiary/aromatic N) is 3. The van der Waals surface area contributed by atoms with Gasteiger partial charge in [-0.05, 0) is 24.3 Å². The number of hydrogen-bond donors (Lipinski definition) is 1. The van der Waals surface area contributed by atoms with Crippen molar-refractivity contribution in [3.63, 3.8) is 0 Å². The van der Waals surface area contributed by atoms with Gasteiger partial charge in [0.25, 0.3) is 0 Å². The Morgan fingerprint density at radius 3 is 2.59 bits per heavy atom. The molecule has 2 heterocycles. The van der Waals surface area contributed by atoms with E-state index in [4.69, 9.17) is 17.3 Å². The van der Waals surface area contributed by atoms with Gasteiger partial charge in [0.05, 0.1) is 35.4 Å². The number of rotatable bonds is 2. The molecule has 0 radical (unpaired) electrons. The Kier molecular flexibility index (Phi) is 4.28. The Morgan fingerprint density at radius 2 is 1.89 bits per heavy atom. The molecule has 0 spiro atoms. The van der Waals surface area contributed by atoms with Gasteiger partial charge in [0.15, 0.2) is 0 Å². The van der Waals surface area contributed by atoms with E-state index in [1.165, 1.54) is 6.07 Å². The average molecular weight is 391 g/mol. The number of halogens is 4. The van der Waals surface area contributed by atoms with Gasteiger partial charge >= 0.3 is 6.18 Å². The highest BCUT2D eigenvalue weighted by Crippen LogP contribution is 2.35. The minimum Gasteiger partial charge on any atom is -0.325 e. The molecule has 2 N–H and O–H groups in total. The van der Waals surface area contributed by atoms with Crippen molar-refractivity contribution >= 4 is 17.3 Å². The lowest BCUT2D eigenvalue weighted by molar-refractivity contribution is -0.137. The first-order valence-electron chi connectivity index (χ1n) is 8.17. The van der Waals surface area contributed by atoms with Crippen LogP contribution >= 0.6 is 11.6 Å². The van der Waals surface area contributed by atoms with Gasteiger partial charge in [-0.25, -0.2) is 4.98 Å². The maximum atomic E-state index is 13.3. The Hall–Kier alpha value is -2.64. The molecule has 0 unspecified atom stereocenters. The smallest absolute Gasteiger partial charge is 0.325 e. The molecule has 0 saturated heterocycles. The molecule has 0 fully saturated rings. The van der Waals surface area contributed by atoms with E-state index in [-0.39, 0.29) is 13.1 Å². The van der Waals surface area contributed by atoms with Gasteiger partial charge in [0.2, 0.25) is 0 Å². The summed E-state index contributed by atoms with van der Waals surface area (Å²) >= 11 is 6.31. The zero-order chi connectivity index (χ0) is 19.2. The molecule has 0 amide bonds. The van der Waals surface area contributed by atoms with E-state index in [1.54, 1.807) is 35.0 Å². The normalized spacial score (nSPS) is 13.6. The topological polar surface area (TPSA) is 56.2 Å². The second-order valence-corrected chi connectivity index (χ2v) is 6.49. The molecule has 1 aromatic heterocycles. The van der Waals surface area contributed by atoms with Crippen LogP contribution in [0.4, 0.5) is 13.2 Å². The standard InChI is InChI=1S/C19H14ClF3N4/c20-15-4-2-1-3-13(15)18-14-7-11(19(21,22)23)5-6-16(14)27-12(8-24)9-25-17(27)10-26-18/h1-7,9H,8,10,24H2. The molecule has 4 rings (SSSR count). The van der Waals surface area contributed by atoms with Crippen molar-refractivity contribution in [2.45, 2.75) is 19.3 Å². The van der Waals surface area contributed by atoms with E-state index in [2.05, 4.69) is 9.98 Å². The third-order valence-electron chi connectivity index (χ3n) is 4.44.